The van der Waals surface area contributed by atoms with Crippen LogP contribution in [0.3, 0.4) is 0 Å². The molecule has 0 aromatic carbocycles. The van der Waals surface area contributed by atoms with E-state index in [2.05, 4.69) is 35.0 Å². The fourth-order valence-electron chi connectivity index (χ4n) is 2.26. The third kappa shape index (κ3) is 2.05. The molecule has 86 valence electrons. The summed E-state index contributed by atoms with van der Waals surface area (Å²) in [6.07, 6.45) is 2.67. The van der Waals surface area contributed by atoms with E-state index in [1.807, 2.05) is 0 Å². The lowest BCUT2D eigenvalue weighted by Gasteiger charge is -2.33. The number of hydrogen-bond donors (Lipinski definition) is 0. The average Bonchev–Trinajstić information content (AvgIpc) is 3.14. The SMILES string of the molecule is CN1CCN(c2cccc(C3CC3)n2)CC1. The first kappa shape index (κ1) is 10.1. The van der Waals surface area contributed by atoms with Gasteiger partial charge in [-0.1, -0.05) is 6.07 Å². The normalized spacial score (nSPS) is 22.4. The maximum Gasteiger partial charge on any atom is 0.128 e. The minimum atomic E-state index is 0.757. The second-order valence-corrected chi connectivity index (χ2v) is 4.99. The second-order valence-electron chi connectivity index (χ2n) is 4.99. The highest BCUT2D eigenvalue weighted by atomic mass is 15.3. The Morgan fingerprint density at radius 1 is 1.12 bits per heavy atom. The fraction of sp³-hybridized carbons (Fsp3) is 0.615. The van der Waals surface area contributed by atoms with Crippen molar-refractivity contribution in [2.24, 2.45) is 0 Å². The van der Waals surface area contributed by atoms with Crippen molar-refractivity contribution in [2.45, 2.75) is 18.8 Å². The van der Waals surface area contributed by atoms with Crippen molar-refractivity contribution in [3.63, 3.8) is 0 Å². The summed E-state index contributed by atoms with van der Waals surface area (Å²) >= 11 is 0. The Morgan fingerprint density at radius 2 is 1.88 bits per heavy atom. The number of aromatic nitrogens is 1. The molecule has 1 aromatic rings. The van der Waals surface area contributed by atoms with Crippen LogP contribution >= 0.6 is 0 Å². The van der Waals surface area contributed by atoms with Gasteiger partial charge in [0.25, 0.3) is 0 Å². The fourth-order valence-corrected chi connectivity index (χ4v) is 2.26. The molecule has 0 bridgehead atoms. The molecule has 3 heteroatoms. The molecule has 0 spiro atoms. The Hall–Kier alpha value is -1.09. The molecule has 2 fully saturated rings. The summed E-state index contributed by atoms with van der Waals surface area (Å²) in [5.41, 5.74) is 1.30. The van der Waals surface area contributed by atoms with Crippen LogP contribution in [-0.2, 0) is 0 Å². The summed E-state index contributed by atoms with van der Waals surface area (Å²) < 4.78 is 0. The van der Waals surface area contributed by atoms with Crippen molar-refractivity contribution >= 4 is 5.82 Å². The standard InChI is InChI=1S/C13H19N3/c1-15-7-9-16(10-8-15)13-4-2-3-12(14-13)11-5-6-11/h2-4,11H,5-10H2,1H3. The highest BCUT2D eigenvalue weighted by molar-refractivity contribution is 5.40. The van der Waals surface area contributed by atoms with Crippen molar-refractivity contribution in [3.8, 4) is 0 Å². The van der Waals surface area contributed by atoms with Gasteiger partial charge in [-0.25, -0.2) is 4.98 Å². The molecular formula is C13H19N3. The van der Waals surface area contributed by atoms with Gasteiger partial charge >= 0.3 is 0 Å². The van der Waals surface area contributed by atoms with Crippen molar-refractivity contribution in [3.05, 3.63) is 23.9 Å². The number of hydrogen-bond acceptors (Lipinski definition) is 3. The molecule has 1 aliphatic carbocycles. The van der Waals surface area contributed by atoms with Gasteiger partial charge in [-0.05, 0) is 32.0 Å². The summed E-state index contributed by atoms with van der Waals surface area (Å²) in [4.78, 5) is 9.58. The average molecular weight is 217 g/mol. The van der Waals surface area contributed by atoms with Crippen molar-refractivity contribution in [1.82, 2.24) is 9.88 Å². The number of anilines is 1. The molecule has 16 heavy (non-hydrogen) atoms. The second kappa shape index (κ2) is 4.06. The third-order valence-corrected chi connectivity index (χ3v) is 3.58. The Bertz CT molecular complexity index is 365. The lowest BCUT2D eigenvalue weighted by Crippen LogP contribution is -2.44. The van der Waals surface area contributed by atoms with E-state index in [0.29, 0.717) is 0 Å². The van der Waals surface area contributed by atoms with Crippen LogP contribution in [0.5, 0.6) is 0 Å². The van der Waals surface area contributed by atoms with Crippen molar-refractivity contribution < 1.29 is 0 Å². The van der Waals surface area contributed by atoms with Crippen molar-refractivity contribution in [1.29, 1.82) is 0 Å². The van der Waals surface area contributed by atoms with Gasteiger partial charge in [-0.2, -0.15) is 0 Å². The lowest BCUT2D eigenvalue weighted by molar-refractivity contribution is 0.312. The topological polar surface area (TPSA) is 19.4 Å². The van der Waals surface area contributed by atoms with Gasteiger partial charge in [-0.3, -0.25) is 0 Å². The summed E-state index contributed by atoms with van der Waals surface area (Å²) in [7, 11) is 2.19. The van der Waals surface area contributed by atoms with Crippen LogP contribution in [0.25, 0.3) is 0 Å². The van der Waals surface area contributed by atoms with Gasteiger partial charge in [0.1, 0.15) is 5.82 Å². The van der Waals surface area contributed by atoms with Crippen LogP contribution in [0.1, 0.15) is 24.5 Å². The molecule has 0 N–H and O–H groups in total. The minimum absolute atomic E-state index is 0.757. The highest BCUT2D eigenvalue weighted by Gasteiger charge is 2.25. The summed E-state index contributed by atoms with van der Waals surface area (Å²) in [5.74, 6) is 1.94. The molecule has 0 radical (unpaired) electrons. The van der Waals surface area contributed by atoms with Gasteiger partial charge in [0.2, 0.25) is 0 Å². The van der Waals surface area contributed by atoms with E-state index in [9.17, 15) is 0 Å². The molecule has 1 saturated heterocycles. The Balaban J connectivity index is 1.75. The smallest absolute Gasteiger partial charge is 0.128 e. The Labute approximate surface area is 97.1 Å². The molecule has 0 amide bonds. The van der Waals surface area contributed by atoms with E-state index < -0.39 is 0 Å². The van der Waals surface area contributed by atoms with E-state index in [1.54, 1.807) is 0 Å². The Morgan fingerprint density at radius 3 is 2.56 bits per heavy atom. The number of pyridine rings is 1. The van der Waals surface area contributed by atoms with Crippen LogP contribution in [0.15, 0.2) is 18.2 Å². The quantitative estimate of drug-likeness (QED) is 0.752. The maximum atomic E-state index is 4.79. The Kier molecular flexibility index (Phi) is 2.56. The number of nitrogens with zero attached hydrogens (tertiary/aromatic N) is 3. The summed E-state index contributed by atoms with van der Waals surface area (Å²) in [6, 6.07) is 6.49. The van der Waals surface area contributed by atoms with E-state index in [4.69, 9.17) is 4.98 Å². The van der Waals surface area contributed by atoms with Crippen molar-refractivity contribution in [2.75, 3.05) is 38.1 Å². The first-order chi connectivity index (χ1) is 7.83. The van der Waals surface area contributed by atoms with Gasteiger partial charge in [-0.15, -0.1) is 0 Å². The van der Waals surface area contributed by atoms with Gasteiger partial charge in [0, 0.05) is 37.8 Å². The van der Waals surface area contributed by atoms with Gasteiger partial charge < -0.3 is 9.80 Å². The lowest BCUT2D eigenvalue weighted by atomic mass is 10.2. The molecule has 2 heterocycles. The van der Waals surface area contributed by atoms with Crippen LogP contribution in [0, 0.1) is 0 Å². The van der Waals surface area contributed by atoms with Crippen LogP contribution in [0.4, 0.5) is 5.82 Å². The van der Waals surface area contributed by atoms with Crippen LogP contribution in [0.2, 0.25) is 0 Å². The highest BCUT2D eigenvalue weighted by Crippen LogP contribution is 2.39. The molecule has 0 atom stereocenters. The van der Waals surface area contributed by atoms with E-state index in [0.717, 1.165) is 32.1 Å². The monoisotopic (exact) mass is 217 g/mol. The number of piperazine rings is 1. The van der Waals surface area contributed by atoms with Gasteiger partial charge in [0.05, 0.1) is 0 Å². The molecule has 3 nitrogen and oxygen atoms in total. The predicted molar refractivity (Wildman–Crippen MR) is 65.9 cm³/mol. The van der Waals surface area contributed by atoms with E-state index in [1.165, 1.54) is 24.4 Å². The summed E-state index contributed by atoms with van der Waals surface area (Å²) in [6.45, 7) is 4.51. The first-order valence-corrected chi connectivity index (χ1v) is 6.23. The third-order valence-electron chi connectivity index (χ3n) is 3.58. The molecule has 3 rings (SSSR count). The predicted octanol–water partition coefficient (Wildman–Crippen LogP) is 1.71. The number of likely N-dealkylation sites (N-methyl/N-ethyl adjacent to an activating group) is 1. The zero-order chi connectivity index (χ0) is 11.0. The van der Waals surface area contributed by atoms with E-state index in [-0.39, 0.29) is 0 Å². The largest absolute Gasteiger partial charge is 0.354 e. The molecule has 0 unspecified atom stereocenters. The zero-order valence-electron chi connectivity index (χ0n) is 9.89. The zero-order valence-corrected chi connectivity index (χ0v) is 9.89. The summed E-state index contributed by atoms with van der Waals surface area (Å²) in [5, 5.41) is 0. The maximum absolute atomic E-state index is 4.79. The van der Waals surface area contributed by atoms with Crippen LogP contribution < -0.4 is 4.90 Å². The molecule has 1 aliphatic heterocycles. The van der Waals surface area contributed by atoms with E-state index >= 15 is 0 Å². The first-order valence-electron chi connectivity index (χ1n) is 6.23. The van der Waals surface area contributed by atoms with Crippen LogP contribution in [-0.4, -0.2) is 43.1 Å². The molecule has 2 aliphatic rings. The molecule has 1 aromatic heterocycles. The number of rotatable bonds is 2. The minimum Gasteiger partial charge on any atom is -0.354 e. The molecule has 1 saturated carbocycles. The van der Waals surface area contributed by atoms with Gasteiger partial charge in [0.15, 0.2) is 0 Å². The molecular weight excluding hydrogens is 198 g/mol.